The molecule has 1 N–H and O–H groups in total. The Balaban J connectivity index is 1.81. The lowest BCUT2D eigenvalue weighted by Gasteiger charge is -2.15. The Morgan fingerprint density at radius 1 is 1.25 bits per heavy atom. The molecule has 0 spiro atoms. The van der Waals surface area contributed by atoms with Crippen molar-refractivity contribution >= 4 is 27.4 Å². The van der Waals surface area contributed by atoms with Gasteiger partial charge in [0.2, 0.25) is 0 Å². The van der Waals surface area contributed by atoms with Gasteiger partial charge in [0.15, 0.2) is 0 Å². The molecule has 1 unspecified atom stereocenters. The van der Waals surface area contributed by atoms with Crippen LogP contribution in [0.2, 0.25) is 0 Å². The quantitative estimate of drug-likeness (QED) is 0.797. The number of thiophene rings is 1. The van der Waals surface area contributed by atoms with Crippen LogP contribution in [-0.2, 0) is 6.42 Å². The molecule has 5 heteroatoms. The number of nitrogens with one attached hydrogen (secondary N) is 1. The van der Waals surface area contributed by atoms with Crippen LogP contribution in [0.3, 0.4) is 0 Å². The Labute approximate surface area is 121 Å². The second-order valence-corrected chi connectivity index (χ2v) is 5.78. The van der Waals surface area contributed by atoms with Crippen molar-refractivity contribution in [1.82, 2.24) is 15.0 Å². The molecule has 3 aromatic rings. The summed E-state index contributed by atoms with van der Waals surface area (Å²) >= 11 is 1.66. The molecule has 0 aliphatic heterocycles. The molecule has 0 bridgehead atoms. The smallest absolute Gasteiger partial charge is 0.138 e. The maximum atomic E-state index is 4.39. The van der Waals surface area contributed by atoms with Gasteiger partial charge in [0.1, 0.15) is 17.0 Å². The van der Waals surface area contributed by atoms with Crippen molar-refractivity contribution in [2.75, 3.05) is 5.32 Å². The van der Waals surface area contributed by atoms with E-state index >= 15 is 0 Å². The fourth-order valence-electron chi connectivity index (χ4n) is 2.28. The molecule has 3 heterocycles. The highest BCUT2D eigenvalue weighted by Crippen LogP contribution is 2.28. The van der Waals surface area contributed by atoms with Crippen LogP contribution < -0.4 is 5.32 Å². The number of anilines is 1. The molecule has 4 nitrogen and oxygen atoms in total. The van der Waals surface area contributed by atoms with Gasteiger partial charge >= 0.3 is 0 Å². The highest BCUT2D eigenvalue weighted by atomic mass is 32.1. The third-order valence-electron chi connectivity index (χ3n) is 3.23. The summed E-state index contributed by atoms with van der Waals surface area (Å²) in [4.78, 5) is 13.8. The first-order chi connectivity index (χ1) is 9.74. The van der Waals surface area contributed by atoms with Crippen molar-refractivity contribution in [2.24, 2.45) is 0 Å². The highest BCUT2D eigenvalue weighted by Gasteiger charge is 2.11. The Hall–Kier alpha value is -2.01. The largest absolute Gasteiger partial charge is 0.367 e. The van der Waals surface area contributed by atoms with Gasteiger partial charge in [0.25, 0.3) is 0 Å². The number of nitrogens with zero attached hydrogens (tertiary/aromatic N) is 3. The van der Waals surface area contributed by atoms with Crippen LogP contribution in [0.5, 0.6) is 0 Å². The lowest BCUT2D eigenvalue weighted by atomic mass is 10.1. The zero-order valence-corrected chi connectivity index (χ0v) is 12.3. The minimum Gasteiger partial charge on any atom is -0.367 e. The van der Waals surface area contributed by atoms with E-state index in [0.29, 0.717) is 6.04 Å². The molecule has 0 radical (unpaired) electrons. The Morgan fingerprint density at radius 2 is 2.05 bits per heavy atom. The Kier molecular flexibility index (Phi) is 3.60. The summed E-state index contributed by atoms with van der Waals surface area (Å²) in [6, 6.07) is 4.39. The van der Waals surface area contributed by atoms with Gasteiger partial charge in [-0.25, -0.2) is 9.97 Å². The fourth-order valence-corrected chi connectivity index (χ4v) is 3.17. The summed E-state index contributed by atoms with van der Waals surface area (Å²) < 4.78 is 0. The van der Waals surface area contributed by atoms with E-state index in [1.807, 2.05) is 24.5 Å². The van der Waals surface area contributed by atoms with Crippen LogP contribution in [-0.4, -0.2) is 21.0 Å². The molecule has 0 aliphatic carbocycles. The summed E-state index contributed by atoms with van der Waals surface area (Å²) in [5.74, 6) is 0.926. The minimum absolute atomic E-state index is 0.301. The van der Waals surface area contributed by atoms with E-state index in [4.69, 9.17) is 0 Å². The molecule has 102 valence electrons. The van der Waals surface area contributed by atoms with Crippen molar-refractivity contribution in [3.8, 4) is 0 Å². The second kappa shape index (κ2) is 5.54. The normalized spacial score (nSPS) is 12.5. The van der Waals surface area contributed by atoms with Crippen LogP contribution >= 0.6 is 11.3 Å². The molecule has 1 atom stereocenters. The summed E-state index contributed by atoms with van der Waals surface area (Å²) in [5, 5.41) is 6.76. The predicted molar refractivity (Wildman–Crippen MR) is 83.2 cm³/mol. The molecule has 0 saturated carbocycles. The van der Waals surface area contributed by atoms with Crippen molar-refractivity contribution in [3.05, 3.63) is 47.4 Å². The third kappa shape index (κ3) is 2.63. The lowest BCUT2D eigenvalue weighted by Crippen LogP contribution is -2.19. The fraction of sp³-hybridized carbons (Fsp3) is 0.267. The molecule has 0 aliphatic rings. The Morgan fingerprint density at radius 3 is 2.85 bits per heavy atom. The molecule has 0 fully saturated rings. The van der Waals surface area contributed by atoms with Gasteiger partial charge in [-0.15, -0.1) is 11.3 Å². The van der Waals surface area contributed by atoms with E-state index < -0.39 is 0 Å². The van der Waals surface area contributed by atoms with Crippen molar-refractivity contribution in [3.63, 3.8) is 0 Å². The van der Waals surface area contributed by atoms with E-state index in [1.165, 1.54) is 11.1 Å². The van der Waals surface area contributed by atoms with Gasteiger partial charge in [0.05, 0.1) is 5.39 Å². The molecule has 20 heavy (non-hydrogen) atoms. The van der Waals surface area contributed by atoms with Crippen molar-refractivity contribution in [2.45, 2.75) is 26.3 Å². The lowest BCUT2D eigenvalue weighted by molar-refractivity contribution is 0.784. The summed E-state index contributed by atoms with van der Waals surface area (Å²) in [6.07, 6.45) is 6.22. The summed E-state index contributed by atoms with van der Waals surface area (Å²) in [6.45, 7) is 4.26. The average molecular weight is 284 g/mol. The molecule has 0 aromatic carbocycles. The predicted octanol–water partition coefficient (Wildman–Crippen LogP) is 3.44. The van der Waals surface area contributed by atoms with Gasteiger partial charge in [-0.05, 0) is 48.9 Å². The van der Waals surface area contributed by atoms with E-state index in [2.05, 4.69) is 39.5 Å². The summed E-state index contributed by atoms with van der Waals surface area (Å²) in [5.41, 5.74) is 2.50. The van der Waals surface area contributed by atoms with Gasteiger partial charge in [-0.2, -0.15) is 0 Å². The molecule has 3 aromatic heterocycles. The SMILES string of the molecule is Cc1csc2ncnc(NC(C)Cc3ccncc3)c12. The van der Waals surface area contributed by atoms with Crippen LogP contribution in [0.4, 0.5) is 5.82 Å². The average Bonchev–Trinajstić information content (AvgIpc) is 2.83. The topological polar surface area (TPSA) is 50.7 Å². The number of hydrogen-bond donors (Lipinski definition) is 1. The van der Waals surface area contributed by atoms with Gasteiger partial charge in [-0.3, -0.25) is 4.98 Å². The first kappa shape index (κ1) is 13.0. The van der Waals surface area contributed by atoms with E-state index in [9.17, 15) is 0 Å². The standard InChI is InChI=1S/C15H16N4S/c1-10-8-20-15-13(10)14(17-9-18-15)19-11(2)7-12-3-5-16-6-4-12/h3-6,8-9,11H,7H2,1-2H3,(H,17,18,19). The van der Waals surface area contributed by atoms with E-state index in [0.717, 1.165) is 22.5 Å². The zero-order valence-electron chi connectivity index (χ0n) is 11.5. The molecule has 0 saturated heterocycles. The van der Waals surface area contributed by atoms with Gasteiger partial charge in [-0.1, -0.05) is 0 Å². The first-order valence-electron chi connectivity index (χ1n) is 6.58. The second-order valence-electron chi connectivity index (χ2n) is 4.93. The zero-order chi connectivity index (χ0) is 13.9. The van der Waals surface area contributed by atoms with E-state index in [1.54, 1.807) is 17.7 Å². The maximum Gasteiger partial charge on any atom is 0.138 e. The van der Waals surface area contributed by atoms with Gasteiger partial charge < -0.3 is 5.32 Å². The monoisotopic (exact) mass is 284 g/mol. The highest BCUT2D eigenvalue weighted by molar-refractivity contribution is 7.17. The van der Waals surface area contributed by atoms with Crippen LogP contribution in [0.1, 0.15) is 18.1 Å². The molecular weight excluding hydrogens is 268 g/mol. The number of aryl methyl sites for hydroxylation is 1. The summed E-state index contributed by atoms with van der Waals surface area (Å²) in [7, 11) is 0. The van der Waals surface area contributed by atoms with Crippen molar-refractivity contribution < 1.29 is 0 Å². The van der Waals surface area contributed by atoms with Gasteiger partial charge in [0, 0.05) is 18.4 Å². The van der Waals surface area contributed by atoms with Crippen molar-refractivity contribution in [1.29, 1.82) is 0 Å². The molecular formula is C15H16N4S. The number of pyridine rings is 1. The van der Waals surface area contributed by atoms with Crippen LogP contribution in [0, 0.1) is 6.92 Å². The maximum absolute atomic E-state index is 4.39. The number of hydrogen-bond acceptors (Lipinski definition) is 5. The first-order valence-corrected chi connectivity index (χ1v) is 7.46. The Bertz CT molecular complexity index is 708. The molecule has 3 rings (SSSR count). The van der Waals surface area contributed by atoms with E-state index in [-0.39, 0.29) is 0 Å². The third-order valence-corrected chi connectivity index (χ3v) is 4.23. The number of rotatable bonds is 4. The molecule has 0 amide bonds. The van der Waals surface area contributed by atoms with Crippen LogP contribution in [0.25, 0.3) is 10.2 Å². The van der Waals surface area contributed by atoms with Crippen LogP contribution in [0.15, 0.2) is 36.2 Å². The number of aromatic nitrogens is 3. The minimum atomic E-state index is 0.301. The number of fused-ring (bicyclic) bond motifs is 1.